The Labute approximate surface area is 123 Å². The van der Waals surface area contributed by atoms with Crippen molar-refractivity contribution in [3.8, 4) is 6.07 Å². The van der Waals surface area contributed by atoms with Crippen LogP contribution in [0.1, 0.15) is 18.4 Å². The van der Waals surface area contributed by atoms with Gasteiger partial charge in [0.05, 0.1) is 5.69 Å². The molecule has 1 aliphatic rings. The lowest BCUT2D eigenvalue weighted by Crippen LogP contribution is -2.35. The summed E-state index contributed by atoms with van der Waals surface area (Å²) in [5.74, 6) is 0.147. The lowest BCUT2D eigenvalue weighted by atomic mass is 9.96. The molecule has 2 heterocycles. The maximum atomic E-state index is 13.7. The van der Waals surface area contributed by atoms with Crippen molar-refractivity contribution in [2.75, 3.05) is 18.0 Å². The Hall–Kier alpha value is -2.35. The van der Waals surface area contributed by atoms with E-state index in [1.165, 1.54) is 6.07 Å². The van der Waals surface area contributed by atoms with E-state index in [0.717, 1.165) is 38.2 Å². The Morgan fingerprint density at radius 3 is 2.76 bits per heavy atom. The molecule has 1 fully saturated rings. The fraction of sp³-hybridized carbons (Fsp3) is 0.375. The predicted octanol–water partition coefficient (Wildman–Crippen LogP) is 2.81. The maximum absolute atomic E-state index is 13.7. The number of halogens is 1. The van der Waals surface area contributed by atoms with Crippen LogP contribution in [0.4, 0.5) is 10.1 Å². The molecule has 0 spiro atoms. The number of benzene rings is 1. The third-order valence-electron chi connectivity index (χ3n) is 4.06. The number of hydrogen-bond acceptors (Lipinski definition) is 3. The molecule has 0 aliphatic carbocycles. The van der Waals surface area contributed by atoms with Crippen LogP contribution in [-0.4, -0.2) is 22.9 Å². The Morgan fingerprint density at radius 1 is 1.29 bits per heavy atom. The molecule has 1 aliphatic heterocycles. The van der Waals surface area contributed by atoms with E-state index in [1.54, 1.807) is 12.3 Å². The van der Waals surface area contributed by atoms with Crippen LogP contribution in [0.15, 0.2) is 36.7 Å². The first-order valence-electron chi connectivity index (χ1n) is 7.19. The number of aromatic nitrogens is 2. The minimum absolute atomic E-state index is 0.156. The van der Waals surface area contributed by atoms with Gasteiger partial charge in [-0.2, -0.15) is 10.4 Å². The minimum atomic E-state index is -0.436. The number of nitriles is 1. The highest BCUT2D eigenvalue weighted by molar-refractivity contribution is 5.60. The third kappa shape index (κ3) is 2.89. The van der Waals surface area contributed by atoms with Gasteiger partial charge in [-0.25, -0.2) is 4.39 Å². The van der Waals surface area contributed by atoms with Gasteiger partial charge in [-0.15, -0.1) is 0 Å². The molecule has 0 N–H and O–H groups in total. The average Bonchev–Trinajstić information content (AvgIpc) is 3.01. The Balaban J connectivity index is 1.66. The van der Waals surface area contributed by atoms with E-state index in [9.17, 15) is 4.39 Å². The van der Waals surface area contributed by atoms with Crippen molar-refractivity contribution < 1.29 is 4.39 Å². The van der Waals surface area contributed by atoms with Crippen molar-refractivity contribution in [1.29, 1.82) is 5.26 Å². The number of hydrogen-bond donors (Lipinski definition) is 0. The van der Waals surface area contributed by atoms with Crippen LogP contribution in [0.3, 0.4) is 0 Å². The molecular formula is C16H17FN4. The van der Waals surface area contributed by atoms with E-state index in [0.29, 0.717) is 5.92 Å². The molecule has 3 rings (SSSR count). The lowest BCUT2D eigenvalue weighted by molar-refractivity contribution is 0.342. The van der Waals surface area contributed by atoms with Gasteiger partial charge < -0.3 is 4.90 Å². The van der Waals surface area contributed by atoms with Crippen molar-refractivity contribution in [2.24, 2.45) is 5.92 Å². The van der Waals surface area contributed by atoms with Crippen molar-refractivity contribution in [1.82, 2.24) is 9.78 Å². The van der Waals surface area contributed by atoms with Crippen LogP contribution < -0.4 is 4.90 Å². The fourth-order valence-corrected chi connectivity index (χ4v) is 2.92. The summed E-state index contributed by atoms with van der Waals surface area (Å²) in [5.41, 5.74) is 0.873. The fourth-order valence-electron chi connectivity index (χ4n) is 2.92. The summed E-state index contributed by atoms with van der Waals surface area (Å²) >= 11 is 0. The zero-order valence-corrected chi connectivity index (χ0v) is 11.7. The smallest absolute Gasteiger partial charge is 0.143 e. The Kier molecular flexibility index (Phi) is 3.87. The maximum Gasteiger partial charge on any atom is 0.143 e. The summed E-state index contributed by atoms with van der Waals surface area (Å²) in [6, 6.07) is 8.75. The first-order chi connectivity index (χ1) is 10.3. The summed E-state index contributed by atoms with van der Waals surface area (Å²) in [4.78, 5) is 2.11. The number of anilines is 1. The van der Waals surface area contributed by atoms with Gasteiger partial charge in [-0.1, -0.05) is 6.07 Å². The predicted molar refractivity (Wildman–Crippen MR) is 78.3 cm³/mol. The molecule has 0 bridgehead atoms. The molecule has 0 radical (unpaired) electrons. The van der Waals surface area contributed by atoms with Gasteiger partial charge in [0, 0.05) is 32.0 Å². The molecule has 0 unspecified atom stereocenters. The minimum Gasteiger partial charge on any atom is -0.370 e. The van der Waals surface area contributed by atoms with Gasteiger partial charge in [-0.05, 0) is 37.0 Å². The van der Waals surface area contributed by atoms with Crippen LogP contribution in [0.5, 0.6) is 0 Å². The molecule has 2 aromatic rings. The highest BCUT2D eigenvalue weighted by Crippen LogP contribution is 2.28. The van der Waals surface area contributed by atoms with Crippen molar-refractivity contribution in [2.45, 2.75) is 19.4 Å². The average molecular weight is 284 g/mol. The van der Waals surface area contributed by atoms with Crippen LogP contribution in [0, 0.1) is 23.1 Å². The molecule has 0 saturated carbocycles. The van der Waals surface area contributed by atoms with E-state index < -0.39 is 5.82 Å². The summed E-state index contributed by atoms with van der Waals surface area (Å²) in [7, 11) is 0. The first-order valence-corrected chi connectivity index (χ1v) is 7.19. The van der Waals surface area contributed by atoms with Crippen LogP contribution >= 0.6 is 0 Å². The SMILES string of the molecule is N#Cc1c(F)cccc1N1CCC(Cn2cccn2)CC1. The second-order valence-corrected chi connectivity index (χ2v) is 5.40. The van der Waals surface area contributed by atoms with Gasteiger partial charge in [0.25, 0.3) is 0 Å². The molecule has 1 aromatic carbocycles. The van der Waals surface area contributed by atoms with E-state index in [1.807, 2.05) is 29.1 Å². The van der Waals surface area contributed by atoms with E-state index in [-0.39, 0.29) is 5.56 Å². The summed E-state index contributed by atoms with van der Waals surface area (Å²) in [6.07, 6.45) is 5.83. The molecule has 0 amide bonds. The molecule has 1 saturated heterocycles. The van der Waals surface area contributed by atoms with Gasteiger partial charge >= 0.3 is 0 Å². The summed E-state index contributed by atoms with van der Waals surface area (Å²) < 4.78 is 15.6. The largest absolute Gasteiger partial charge is 0.370 e. The Bertz CT molecular complexity index is 637. The van der Waals surface area contributed by atoms with Gasteiger partial charge in [0.2, 0.25) is 0 Å². The van der Waals surface area contributed by atoms with E-state index >= 15 is 0 Å². The lowest BCUT2D eigenvalue weighted by Gasteiger charge is -2.34. The van der Waals surface area contributed by atoms with Gasteiger partial charge in [0.1, 0.15) is 17.4 Å². The number of piperidine rings is 1. The normalized spacial score (nSPS) is 15.9. The molecule has 5 heteroatoms. The van der Waals surface area contributed by atoms with Gasteiger partial charge in [-0.3, -0.25) is 4.68 Å². The van der Waals surface area contributed by atoms with Crippen molar-refractivity contribution in [3.63, 3.8) is 0 Å². The molecule has 0 atom stereocenters. The molecule has 108 valence electrons. The van der Waals surface area contributed by atoms with Gasteiger partial charge in [0.15, 0.2) is 0 Å². The standard InChI is InChI=1S/C16H17FN4/c17-15-3-1-4-16(14(15)11-18)20-9-5-13(6-10-20)12-21-8-2-7-19-21/h1-4,7-8,13H,5-6,9-10,12H2. The highest BCUT2D eigenvalue weighted by atomic mass is 19.1. The van der Waals surface area contributed by atoms with E-state index in [2.05, 4.69) is 10.00 Å². The van der Waals surface area contributed by atoms with Crippen LogP contribution in [-0.2, 0) is 6.54 Å². The zero-order valence-electron chi connectivity index (χ0n) is 11.7. The topological polar surface area (TPSA) is 44.9 Å². The monoisotopic (exact) mass is 284 g/mol. The van der Waals surface area contributed by atoms with Crippen LogP contribution in [0.25, 0.3) is 0 Å². The quantitative estimate of drug-likeness (QED) is 0.870. The van der Waals surface area contributed by atoms with Crippen molar-refractivity contribution >= 4 is 5.69 Å². The third-order valence-corrected chi connectivity index (χ3v) is 4.06. The number of nitrogens with zero attached hydrogens (tertiary/aromatic N) is 4. The molecule has 21 heavy (non-hydrogen) atoms. The highest BCUT2D eigenvalue weighted by Gasteiger charge is 2.22. The number of rotatable bonds is 3. The molecule has 1 aromatic heterocycles. The first kappa shape index (κ1) is 13.6. The Morgan fingerprint density at radius 2 is 2.10 bits per heavy atom. The summed E-state index contributed by atoms with van der Waals surface area (Å²) in [6.45, 7) is 2.63. The molecule has 4 nitrogen and oxygen atoms in total. The van der Waals surface area contributed by atoms with Crippen molar-refractivity contribution in [3.05, 3.63) is 48.0 Å². The second-order valence-electron chi connectivity index (χ2n) is 5.40. The molecular weight excluding hydrogens is 267 g/mol. The van der Waals surface area contributed by atoms with Crippen LogP contribution in [0.2, 0.25) is 0 Å². The summed E-state index contributed by atoms with van der Waals surface area (Å²) in [5, 5.41) is 13.4. The second kappa shape index (κ2) is 5.96. The van der Waals surface area contributed by atoms with E-state index in [4.69, 9.17) is 5.26 Å². The zero-order chi connectivity index (χ0) is 14.7.